The van der Waals surface area contributed by atoms with Crippen LogP contribution in [0.1, 0.15) is 40.9 Å². The minimum atomic E-state index is -4.23. The van der Waals surface area contributed by atoms with Gasteiger partial charge in [-0.1, -0.05) is 13.8 Å². The van der Waals surface area contributed by atoms with Gasteiger partial charge in [-0.05, 0) is 49.5 Å². The van der Waals surface area contributed by atoms with Crippen LogP contribution in [0.5, 0.6) is 23.3 Å². The molecule has 0 amide bonds. The van der Waals surface area contributed by atoms with Crippen molar-refractivity contribution in [1.29, 1.82) is 0 Å². The molecular formula is C39H50N4O15S4. The number of hydrogen-bond donors (Lipinski definition) is 0. The molecule has 2 heterocycles. The second kappa shape index (κ2) is 21.3. The van der Waals surface area contributed by atoms with E-state index < -0.39 is 48.6 Å². The summed E-state index contributed by atoms with van der Waals surface area (Å²) < 4.78 is 103. The average Bonchev–Trinajstić information content (AvgIpc) is 3.75. The van der Waals surface area contributed by atoms with Crippen LogP contribution in [0.25, 0.3) is 22.3 Å². The number of benzene rings is 2. The highest BCUT2D eigenvalue weighted by molar-refractivity contribution is 8.13. The number of aryl methyl sites for hydroxylation is 2. The number of carbonyl (C=O) groups is 3. The molecule has 0 fully saturated rings. The molecular weight excluding hydrogens is 893 g/mol. The van der Waals surface area contributed by atoms with Crippen LogP contribution < -0.4 is 18.9 Å². The van der Waals surface area contributed by atoms with Crippen LogP contribution in [0.2, 0.25) is 0 Å². The average molecular weight is 943 g/mol. The van der Waals surface area contributed by atoms with E-state index in [0.717, 1.165) is 36.0 Å². The third-order valence-corrected chi connectivity index (χ3v) is 12.7. The molecule has 0 aliphatic carbocycles. The smallest absolute Gasteiger partial charge is 0.374 e. The van der Waals surface area contributed by atoms with E-state index in [4.69, 9.17) is 37.9 Å². The normalized spacial score (nSPS) is 12.0. The zero-order valence-electron chi connectivity index (χ0n) is 36.3. The van der Waals surface area contributed by atoms with E-state index in [9.17, 15) is 26.4 Å². The maximum atomic E-state index is 15.4. The van der Waals surface area contributed by atoms with E-state index >= 15 is 4.79 Å². The van der Waals surface area contributed by atoms with Gasteiger partial charge in [-0.25, -0.2) is 35.8 Å². The third-order valence-electron chi connectivity index (χ3n) is 9.21. The molecule has 62 heavy (non-hydrogen) atoms. The van der Waals surface area contributed by atoms with Crippen molar-refractivity contribution in [3.8, 4) is 45.5 Å². The minimum Gasteiger partial charge on any atom is -0.487 e. The Morgan fingerprint density at radius 2 is 0.968 bits per heavy atom. The van der Waals surface area contributed by atoms with Gasteiger partial charge in [0.1, 0.15) is 34.5 Å². The molecule has 0 aliphatic rings. The van der Waals surface area contributed by atoms with Gasteiger partial charge in [-0.15, -0.1) is 0 Å². The quantitative estimate of drug-likeness (QED) is 0.0593. The lowest BCUT2D eigenvalue weighted by molar-refractivity contribution is -0.122. The summed E-state index contributed by atoms with van der Waals surface area (Å²) in [6.45, 7) is 5.78. The molecule has 0 aliphatic heterocycles. The summed E-state index contributed by atoms with van der Waals surface area (Å²) in [5.74, 6) is -0.754. The first-order valence-electron chi connectivity index (χ1n) is 18.6. The predicted octanol–water partition coefficient (Wildman–Crippen LogP) is 5.64. The highest BCUT2D eigenvalue weighted by atomic mass is 32.2. The van der Waals surface area contributed by atoms with Crippen LogP contribution in [0, 0.1) is 13.8 Å². The SMILES string of the molecule is CCSC(=O)Oc1c(-c2cc(C(=O)c3cc(-c4cnn(C)c4OC(=O)SCC)c(S(C)(=O)=O)c(OCC(OC)OC)c3C)c(C)c(OCC(OC)OC)c2S(C)(=O)=O)cnn1C. The van der Waals surface area contributed by atoms with Crippen LogP contribution in [0.3, 0.4) is 0 Å². The van der Waals surface area contributed by atoms with Gasteiger partial charge in [0.15, 0.2) is 38.0 Å². The van der Waals surface area contributed by atoms with Crippen molar-refractivity contribution in [3.05, 3.63) is 46.8 Å². The molecule has 340 valence electrons. The Labute approximate surface area is 368 Å². The lowest BCUT2D eigenvalue weighted by Crippen LogP contribution is -2.24. The van der Waals surface area contributed by atoms with E-state index in [0.29, 0.717) is 11.5 Å². The van der Waals surface area contributed by atoms with E-state index in [-0.39, 0.29) is 90.8 Å². The van der Waals surface area contributed by atoms with Gasteiger partial charge in [0.05, 0.1) is 23.5 Å². The predicted molar refractivity (Wildman–Crippen MR) is 231 cm³/mol. The molecule has 19 nitrogen and oxygen atoms in total. The standard InChI is InChI=1S/C39H50N4O15S4/c1-13-59-38(45)57-36-27(17-40-42(36)5)25-15-23(21(3)32(34(25)61(11,47)48)55-19-29(51-7)52-8)31(44)24-16-26(28-18-41-43(6)37(28)58-39(46)60-14-2)35(62(12,49)50)33(22(24)4)56-20-30(53-9)54-10/h15-18,29-30H,13-14,19-20H2,1-12H3. The van der Waals surface area contributed by atoms with Gasteiger partial charge in [0.2, 0.25) is 11.8 Å². The van der Waals surface area contributed by atoms with Crippen molar-refractivity contribution in [2.75, 3.05) is 65.7 Å². The monoisotopic (exact) mass is 942 g/mol. The molecule has 0 saturated carbocycles. The van der Waals surface area contributed by atoms with Crippen molar-refractivity contribution < 1.29 is 69.1 Å². The number of methoxy groups -OCH3 is 4. The molecule has 2 aromatic carbocycles. The largest absolute Gasteiger partial charge is 0.487 e. The summed E-state index contributed by atoms with van der Waals surface area (Å²) in [7, 11) is -0.0546. The topological polar surface area (TPSA) is 229 Å². The fourth-order valence-electron chi connectivity index (χ4n) is 6.25. The van der Waals surface area contributed by atoms with Crippen molar-refractivity contribution in [3.63, 3.8) is 0 Å². The van der Waals surface area contributed by atoms with Gasteiger partial charge >= 0.3 is 10.6 Å². The number of ketones is 1. The first-order valence-corrected chi connectivity index (χ1v) is 24.3. The fourth-order valence-corrected chi connectivity index (χ4v) is 9.23. The Morgan fingerprint density at radius 3 is 1.26 bits per heavy atom. The van der Waals surface area contributed by atoms with Crippen molar-refractivity contribution >= 4 is 59.6 Å². The van der Waals surface area contributed by atoms with Gasteiger partial charge in [0, 0.05) is 99.9 Å². The van der Waals surface area contributed by atoms with Crippen LogP contribution >= 0.6 is 23.5 Å². The molecule has 0 radical (unpaired) electrons. The summed E-state index contributed by atoms with van der Waals surface area (Å²) in [4.78, 5) is 40.2. The maximum Gasteiger partial charge on any atom is 0.374 e. The zero-order valence-corrected chi connectivity index (χ0v) is 39.6. The minimum absolute atomic E-state index is 0.0257. The van der Waals surface area contributed by atoms with E-state index in [1.54, 1.807) is 13.8 Å². The second-order valence-electron chi connectivity index (χ2n) is 13.4. The van der Waals surface area contributed by atoms with Gasteiger partial charge < -0.3 is 37.9 Å². The maximum absolute atomic E-state index is 15.4. The molecule has 0 unspecified atom stereocenters. The first kappa shape index (κ1) is 50.2. The Morgan fingerprint density at radius 1 is 0.629 bits per heavy atom. The van der Waals surface area contributed by atoms with Crippen molar-refractivity contribution in [2.45, 2.75) is 50.1 Å². The molecule has 4 aromatic rings. The van der Waals surface area contributed by atoms with E-state index in [2.05, 4.69) is 10.2 Å². The molecule has 0 N–H and O–H groups in total. The first-order chi connectivity index (χ1) is 29.2. The zero-order chi connectivity index (χ0) is 46.3. The Hall–Kier alpha value is -4.49. The number of hydrogen-bond acceptors (Lipinski definition) is 19. The molecule has 0 atom stereocenters. The van der Waals surface area contributed by atoms with Crippen LogP contribution in [0.15, 0.2) is 34.3 Å². The van der Waals surface area contributed by atoms with Crippen LogP contribution in [-0.2, 0) is 52.7 Å². The Kier molecular flexibility index (Phi) is 17.2. The Balaban J connectivity index is 2.19. The Bertz CT molecular complexity index is 2360. The number of aromatic nitrogens is 4. The number of thioether (sulfide) groups is 2. The summed E-state index contributed by atoms with van der Waals surface area (Å²) in [5.41, 5.74) is -0.300. The van der Waals surface area contributed by atoms with Crippen LogP contribution in [0.4, 0.5) is 9.59 Å². The highest BCUT2D eigenvalue weighted by Crippen LogP contribution is 2.46. The summed E-state index contributed by atoms with van der Waals surface area (Å²) in [6.07, 6.45) is 2.52. The fraction of sp³-hybridized carbons (Fsp3) is 0.462. The lowest BCUT2D eigenvalue weighted by Gasteiger charge is -2.23. The van der Waals surface area contributed by atoms with E-state index in [1.807, 2.05) is 0 Å². The van der Waals surface area contributed by atoms with Crippen molar-refractivity contribution in [2.24, 2.45) is 14.1 Å². The molecule has 2 aromatic heterocycles. The molecule has 0 bridgehead atoms. The van der Waals surface area contributed by atoms with Gasteiger partial charge in [-0.2, -0.15) is 10.2 Å². The summed E-state index contributed by atoms with van der Waals surface area (Å²) in [6, 6.07) is 2.61. The lowest BCUT2D eigenvalue weighted by atomic mass is 9.90. The number of nitrogens with zero attached hydrogens (tertiary/aromatic N) is 4. The van der Waals surface area contributed by atoms with Gasteiger partial charge in [-0.3, -0.25) is 4.79 Å². The molecule has 0 saturated heterocycles. The second-order valence-corrected chi connectivity index (χ2v) is 19.7. The van der Waals surface area contributed by atoms with Crippen molar-refractivity contribution in [1.82, 2.24) is 19.6 Å². The third kappa shape index (κ3) is 11.2. The molecule has 23 heteroatoms. The van der Waals surface area contributed by atoms with Crippen LogP contribution in [-0.4, -0.2) is 131 Å². The number of sulfone groups is 2. The highest BCUT2D eigenvalue weighted by Gasteiger charge is 2.35. The molecule has 4 rings (SSSR count). The number of carbonyl (C=O) groups excluding carboxylic acids is 3. The molecule has 0 spiro atoms. The summed E-state index contributed by atoms with van der Waals surface area (Å²) >= 11 is 1.74. The summed E-state index contributed by atoms with van der Waals surface area (Å²) in [5, 5.41) is 7.09. The number of rotatable bonds is 20. The number of ether oxygens (including phenoxy) is 8. The van der Waals surface area contributed by atoms with Gasteiger partial charge in [0.25, 0.3) is 0 Å². The van der Waals surface area contributed by atoms with E-state index in [1.165, 1.54) is 90.3 Å².